The van der Waals surface area contributed by atoms with Crippen molar-refractivity contribution in [3.8, 4) is 0 Å². The lowest BCUT2D eigenvalue weighted by Crippen LogP contribution is -2.20. The topological polar surface area (TPSA) is 39.1 Å². The first-order valence-corrected chi connectivity index (χ1v) is 9.22. The fourth-order valence-electron chi connectivity index (χ4n) is 3.47. The molecular formula is C21H25N3O. The molecule has 130 valence electrons. The summed E-state index contributed by atoms with van der Waals surface area (Å²) in [5, 5.41) is 3.53. The first kappa shape index (κ1) is 16.2. The van der Waals surface area contributed by atoms with Crippen LogP contribution in [0.25, 0.3) is 11.0 Å². The van der Waals surface area contributed by atoms with Gasteiger partial charge in [-0.25, -0.2) is 4.98 Å². The molecule has 2 heterocycles. The minimum atomic E-state index is 0.302. The lowest BCUT2D eigenvalue weighted by Gasteiger charge is -2.14. The molecule has 1 atom stereocenters. The Hall–Kier alpha value is -2.33. The largest absolute Gasteiger partial charge is 0.376 e. The van der Waals surface area contributed by atoms with Crippen LogP contribution in [-0.4, -0.2) is 28.8 Å². The lowest BCUT2D eigenvalue weighted by atomic mass is 10.1. The molecular weight excluding hydrogens is 310 g/mol. The van der Waals surface area contributed by atoms with E-state index in [4.69, 9.17) is 9.72 Å². The smallest absolute Gasteiger partial charge is 0.204 e. The van der Waals surface area contributed by atoms with Crippen LogP contribution in [0.4, 0.5) is 5.95 Å². The van der Waals surface area contributed by atoms with E-state index in [9.17, 15) is 0 Å². The van der Waals surface area contributed by atoms with Crippen molar-refractivity contribution in [2.24, 2.45) is 0 Å². The summed E-state index contributed by atoms with van der Waals surface area (Å²) in [6.07, 6.45) is 3.62. The van der Waals surface area contributed by atoms with E-state index in [1.807, 2.05) is 0 Å². The molecule has 1 N–H and O–H groups in total. The Morgan fingerprint density at radius 1 is 1.16 bits per heavy atom. The average molecular weight is 335 g/mol. The van der Waals surface area contributed by atoms with Gasteiger partial charge in [0.15, 0.2) is 0 Å². The zero-order chi connectivity index (χ0) is 17.1. The van der Waals surface area contributed by atoms with Gasteiger partial charge < -0.3 is 14.6 Å². The van der Waals surface area contributed by atoms with E-state index in [1.165, 1.54) is 16.6 Å². The fraction of sp³-hybridized carbons (Fsp3) is 0.381. The van der Waals surface area contributed by atoms with E-state index in [1.54, 1.807) is 0 Å². The number of fused-ring (bicyclic) bond motifs is 1. The quantitative estimate of drug-likeness (QED) is 0.732. The van der Waals surface area contributed by atoms with Gasteiger partial charge in [0.25, 0.3) is 0 Å². The summed E-state index contributed by atoms with van der Waals surface area (Å²) in [5.41, 5.74) is 4.84. The van der Waals surface area contributed by atoms with Crippen molar-refractivity contribution in [2.45, 2.75) is 38.8 Å². The van der Waals surface area contributed by atoms with Crippen molar-refractivity contribution in [3.05, 3.63) is 59.7 Å². The molecule has 0 amide bonds. The van der Waals surface area contributed by atoms with Crippen molar-refractivity contribution in [1.82, 2.24) is 9.55 Å². The maximum absolute atomic E-state index is 5.74. The average Bonchev–Trinajstić information content (AvgIpc) is 3.28. The predicted molar refractivity (Wildman–Crippen MR) is 102 cm³/mol. The standard InChI is InChI=1S/C21H25N3O/c1-2-16-10-11-20-19(13-16)23-21(22-14-18-9-6-12-25-18)24(20)15-17-7-4-3-5-8-17/h3-5,7-8,10-11,13,18H,2,6,9,12,14-15H2,1H3,(H,22,23). The zero-order valence-corrected chi connectivity index (χ0v) is 14.7. The fourth-order valence-corrected chi connectivity index (χ4v) is 3.47. The second-order valence-corrected chi connectivity index (χ2v) is 6.70. The Labute approximate surface area is 148 Å². The van der Waals surface area contributed by atoms with E-state index in [-0.39, 0.29) is 0 Å². The first-order valence-electron chi connectivity index (χ1n) is 9.22. The van der Waals surface area contributed by atoms with Gasteiger partial charge in [0, 0.05) is 13.2 Å². The minimum absolute atomic E-state index is 0.302. The minimum Gasteiger partial charge on any atom is -0.376 e. The van der Waals surface area contributed by atoms with Gasteiger partial charge in [-0.1, -0.05) is 43.3 Å². The summed E-state index contributed by atoms with van der Waals surface area (Å²) in [6, 6.07) is 17.2. The number of imidazole rings is 1. The maximum atomic E-state index is 5.74. The van der Waals surface area contributed by atoms with Crippen LogP contribution in [0.15, 0.2) is 48.5 Å². The number of anilines is 1. The van der Waals surface area contributed by atoms with E-state index in [2.05, 4.69) is 65.3 Å². The number of nitrogens with one attached hydrogen (secondary N) is 1. The highest BCUT2D eigenvalue weighted by Crippen LogP contribution is 2.23. The van der Waals surface area contributed by atoms with Crippen LogP contribution < -0.4 is 5.32 Å². The number of nitrogens with zero attached hydrogens (tertiary/aromatic N) is 2. The second-order valence-electron chi connectivity index (χ2n) is 6.70. The summed E-state index contributed by atoms with van der Waals surface area (Å²) in [4.78, 5) is 4.87. The van der Waals surface area contributed by atoms with Crippen LogP contribution >= 0.6 is 0 Å². The SMILES string of the molecule is CCc1ccc2c(c1)nc(NCC1CCCO1)n2Cc1ccccc1. The van der Waals surface area contributed by atoms with Crippen LogP contribution in [0.1, 0.15) is 30.9 Å². The number of hydrogen-bond donors (Lipinski definition) is 1. The van der Waals surface area contributed by atoms with E-state index in [0.29, 0.717) is 6.10 Å². The van der Waals surface area contributed by atoms with Crippen LogP contribution in [0, 0.1) is 0 Å². The normalized spacial score (nSPS) is 17.2. The van der Waals surface area contributed by atoms with Gasteiger partial charge in [-0.15, -0.1) is 0 Å². The van der Waals surface area contributed by atoms with Gasteiger partial charge in [-0.05, 0) is 42.5 Å². The Morgan fingerprint density at radius 3 is 2.80 bits per heavy atom. The molecule has 3 aromatic rings. The Kier molecular flexibility index (Phi) is 4.70. The molecule has 4 rings (SSSR count). The molecule has 1 unspecified atom stereocenters. The van der Waals surface area contributed by atoms with E-state index >= 15 is 0 Å². The van der Waals surface area contributed by atoms with Crippen molar-refractivity contribution in [3.63, 3.8) is 0 Å². The summed E-state index contributed by atoms with van der Waals surface area (Å²) in [5.74, 6) is 0.933. The van der Waals surface area contributed by atoms with Crippen LogP contribution in [-0.2, 0) is 17.7 Å². The van der Waals surface area contributed by atoms with Crippen molar-refractivity contribution in [2.75, 3.05) is 18.5 Å². The van der Waals surface area contributed by atoms with Gasteiger partial charge in [0.2, 0.25) is 5.95 Å². The molecule has 1 saturated heterocycles. The van der Waals surface area contributed by atoms with Crippen LogP contribution in [0.2, 0.25) is 0 Å². The van der Waals surface area contributed by atoms with Crippen LogP contribution in [0.3, 0.4) is 0 Å². The number of hydrogen-bond acceptors (Lipinski definition) is 3. The number of benzene rings is 2. The number of rotatable bonds is 6. The molecule has 0 radical (unpaired) electrons. The molecule has 0 bridgehead atoms. The van der Waals surface area contributed by atoms with Gasteiger partial charge in [0.05, 0.1) is 23.7 Å². The number of aryl methyl sites for hydroxylation is 1. The van der Waals surface area contributed by atoms with Crippen molar-refractivity contribution in [1.29, 1.82) is 0 Å². The van der Waals surface area contributed by atoms with Gasteiger partial charge in [-0.2, -0.15) is 0 Å². The Bertz CT molecular complexity index is 835. The second kappa shape index (κ2) is 7.28. The highest BCUT2D eigenvalue weighted by atomic mass is 16.5. The third-order valence-electron chi connectivity index (χ3n) is 4.92. The molecule has 4 heteroatoms. The van der Waals surface area contributed by atoms with E-state index in [0.717, 1.165) is 50.4 Å². The van der Waals surface area contributed by atoms with Gasteiger partial charge in [-0.3, -0.25) is 0 Å². The molecule has 0 aliphatic carbocycles. The number of aromatic nitrogens is 2. The molecule has 1 aliphatic rings. The molecule has 25 heavy (non-hydrogen) atoms. The summed E-state index contributed by atoms with van der Waals surface area (Å²) in [6.45, 7) is 4.70. The Balaban J connectivity index is 1.66. The van der Waals surface area contributed by atoms with Gasteiger partial charge >= 0.3 is 0 Å². The molecule has 0 saturated carbocycles. The molecule has 0 spiro atoms. The monoisotopic (exact) mass is 335 g/mol. The third kappa shape index (κ3) is 3.54. The third-order valence-corrected chi connectivity index (χ3v) is 4.92. The molecule has 1 aliphatic heterocycles. The maximum Gasteiger partial charge on any atom is 0.204 e. The van der Waals surface area contributed by atoms with Crippen molar-refractivity contribution < 1.29 is 4.74 Å². The van der Waals surface area contributed by atoms with Gasteiger partial charge in [0.1, 0.15) is 0 Å². The summed E-state index contributed by atoms with van der Waals surface area (Å²) in [7, 11) is 0. The molecule has 2 aromatic carbocycles. The lowest BCUT2D eigenvalue weighted by molar-refractivity contribution is 0.120. The molecule has 4 nitrogen and oxygen atoms in total. The Morgan fingerprint density at radius 2 is 2.04 bits per heavy atom. The summed E-state index contributed by atoms with van der Waals surface area (Å²) < 4.78 is 8.02. The highest BCUT2D eigenvalue weighted by Gasteiger charge is 2.17. The molecule has 1 fully saturated rings. The van der Waals surface area contributed by atoms with Crippen molar-refractivity contribution >= 4 is 17.0 Å². The number of ether oxygens (including phenoxy) is 1. The van der Waals surface area contributed by atoms with Crippen LogP contribution in [0.5, 0.6) is 0 Å². The highest BCUT2D eigenvalue weighted by molar-refractivity contribution is 5.79. The zero-order valence-electron chi connectivity index (χ0n) is 14.7. The first-order chi connectivity index (χ1) is 12.3. The van der Waals surface area contributed by atoms with E-state index < -0.39 is 0 Å². The summed E-state index contributed by atoms with van der Waals surface area (Å²) >= 11 is 0. The predicted octanol–water partition coefficient (Wildman–Crippen LogP) is 4.24. The molecule has 1 aromatic heterocycles.